The van der Waals surface area contributed by atoms with Gasteiger partial charge in [0.25, 0.3) is 0 Å². The van der Waals surface area contributed by atoms with E-state index in [4.69, 9.17) is 14.4 Å². The molecular weight excluding hydrogens is 576 g/mol. The van der Waals surface area contributed by atoms with Crippen molar-refractivity contribution < 1.29 is 4.42 Å². The van der Waals surface area contributed by atoms with Gasteiger partial charge in [0.15, 0.2) is 0 Å². The maximum absolute atomic E-state index is 6.33. The molecule has 11 aromatic rings. The number of imidazole rings is 1. The van der Waals surface area contributed by atoms with Crippen LogP contribution >= 0.6 is 0 Å². The van der Waals surface area contributed by atoms with Gasteiger partial charge >= 0.3 is 0 Å². The topological polar surface area (TPSA) is 48.3 Å². The summed E-state index contributed by atoms with van der Waals surface area (Å²) in [7, 11) is 0. The maximum Gasteiger partial charge on any atom is 0.221 e. The van der Waals surface area contributed by atoms with Crippen molar-refractivity contribution >= 4 is 82.1 Å². The van der Waals surface area contributed by atoms with E-state index < -0.39 is 0 Å². The number of furan rings is 1. The maximum atomic E-state index is 6.33. The first-order chi connectivity index (χ1) is 23.3. The van der Waals surface area contributed by atoms with Crippen molar-refractivity contribution in [3.8, 4) is 17.1 Å². The lowest BCUT2D eigenvalue weighted by Crippen LogP contribution is -2.06. The fourth-order valence-corrected chi connectivity index (χ4v) is 7.64. The molecule has 5 heteroatoms. The van der Waals surface area contributed by atoms with Gasteiger partial charge in [-0.25, -0.2) is 9.97 Å². The van der Waals surface area contributed by atoms with Gasteiger partial charge in [-0.15, -0.1) is 0 Å². The molecule has 0 amide bonds. The van der Waals surface area contributed by atoms with E-state index in [0.717, 1.165) is 77.5 Å². The quantitative estimate of drug-likeness (QED) is 0.198. The Morgan fingerprint density at radius 1 is 0.447 bits per heavy atom. The number of benzene rings is 7. The molecule has 7 aromatic carbocycles. The molecule has 0 saturated carbocycles. The van der Waals surface area contributed by atoms with Crippen LogP contribution in [0.1, 0.15) is 0 Å². The summed E-state index contributed by atoms with van der Waals surface area (Å²) in [5.41, 5.74) is 10.1. The number of nitrogens with zero attached hydrogens (tertiary/aromatic N) is 4. The zero-order chi connectivity index (χ0) is 30.6. The molecule has 4 aromatic heterocycles. The number of rotatable bonds is 2. The van der Waals surface area contributed by atoms with Crippen LogP contribution in [0.15, 0.2) is 150 Å². The van der Waals surface area contributed by atoms with Gasteiger partial charge in [0, 0.05) is 32.3 Å². The van der Waals surface area contributed by atoms with Crippen molar-refractivity contribution in [3.05, 3.63) is 146 Å². The van der Waals surface area contributed by atoms with Crippen LogP contribution in [0.2, 0.25) is 0 Å². The molecule has 5 nitrogen and oxygen atoms in total. The van der Waals surface area contributed by atoms with E-state index in [1.165, 1.54) is 21.7 Å². The zero-order valence-corrected chi connectivity index (χ0v) is 25.1. The van der Waals surface area contributed by atoms with Crippen molar-refractivity contribution in [2.75, 3.05) is 0 Å². The predicted octanol–water partition coefficient (Wildman–Crippen LogP) is 10.9. The lowest BCUT2D eigenvalue weighted by atomic mass is 9.94. The highest BCUT2D eigenvalue weighted by molar-refractivity contribution is 6.22. The Kier molecular flexibility index (Phi) is 4.78. The van der Waals surface area contributed by atoms with Gasteiger partial charge in [-0.3, -0.25) is 8.97 Å². The molecule has 0 unspecified atom stereocenters. The first-order valence-electron chi connectivity index (χ1n) is 15.8. The summed E-state index contributed by atoms with van der Waals surface area (Å²) in [6, 6.07) is 51.2. The molecular formula is C42H24N4O. The van der Waals surface area contributed by atoms with Crippen LogP contribution in [0, 0.1) is 0 Å². The molecule has 11 rings (SSSR count). The normalized spacial score (nSPS) is 12.3. The smallest absolute Gasteiger partial charge is 0.221 e. The molecule has 0 radical (unpaired) electrons. The second kappa shape index (κ2) is 9.05. The van der Waals surface area contributed by atoms with Gasteiger partial charge < -0.3 is 4.42 Å². The minimum absolute atomic E-state index is 0.820. The van der Waals surface area contributed by atoms with E-state index in [1.807, 2.05) is 24.3 Å². The number of para-hydroxylation sites is 5. The summed E-state index contributed by atoms with van der Waals surface area (Å²) in [4.78, 5) is 10.5. The monoisotopic (exact) mass is 600 g/mol. The lowest BCUT2D eigenvalue weighted by molar-refractivity contribution is 0.669. The van der Waals surface area contributed by atoms with E-state index in [1.54, 1.807) is 0 Å². The summed E-state index contributed by atoms with van der Waals surface area (Å²) in [5.74, 6) is 0.820. The Balaban J connectivity index is 1.30. The highest BCUT2D eigenvalue weighted by atomic mass is 16.3. The fraction of sp³-hybridized carbons (Fsp3) is 0. The molecule has 0 N–H and O–H groups in total. The van der Waals surface area contributed by atoms with Crippen LogP contribution < -0.4 is 0 Å². The molecule has 0 fully saturated rings. The third kappa shape index (κ3) is 3.32. The van der Waals surface area contributed by atoms with Gasteiger partial charge in [-0.2, -0.15) is 0 Å². The Morgan fingerprint density at radius 2 is 1.11 bits per heavy atom. The molecule has 0 aliphatic carbocycles. The highest BCUT2D eigenvalue weighted by Crippen LogP contribution is 2.43. The van der Waals surface area contributed by atoms with Crippen LogP contribution in [0.5, 0.6) is 0 Å². The summed E-state index contributed by atoms with van der Waals surface area (Å²) in [6.07, 6.45) is 0. The Morgan fingerprint density at radius 3 is 1.98 bits per heavy atom. The van der Waals surface area contributed by atoms with E-state index >= 15 is 0 Å². The lowest BCUT2D eigenvalue weighted by Gasteiger charge is -2.15. The van der Waals surface area contributed by atoms with E-state index in [-0.39, 0.29) is 0 Å². The number of hydrogen-bond acceptors (Lipinski definition) is 3. The molecule has 218 valence electrons. The van der Waals surface area contributed by atoms with Crippen molar-refractivity contribution in [1.29, 1.82) is 0 Å². The first kappa shape index (κ1) is 24.8. The average Bonchev–Trinajstić information content (AvgIpc) is 3.81. The van der Waals surface area contributed by atoms with Crippen LogP contribution in [-0.2, 0) is 0 Å². The highest BCUT2D eigenvalue weighted by Gasteiger charge is 2.22. The summed E-state index contributed by atoms with van der Waals surface area (Å²) < 4.78 is 10.9. The molecule has 0 bridgehead atoms. The molecule has 0 aliphatic heterocycles. The van der Waals surface area contributed by atoms with E-state index in [2.05, 4.69) is 130 Å². The van der Waals surface area contributed by atoms with Crippen LogP contribution in [0.25, 0.3) is 99.2 Å². The second-order valence-electron chi connectivity index (χ2n) is 12.2. The molecule has 0 atom stereocenters. The number of fused-ring (bicyclic) bond motifs is 13. The SMILES string of the molecule is c1ccc2c(c1)nc(-n1c3ccccc3c3cc(-c4ccc5c(c4)oc4ccccc45)c4ccccc4c31)n1c3ccccc3nc21. The Labute approximate surface area is 267 Å². The summed E-state index contributed by atoms with van der Waals surface area (Å²) >= 11 is 0. The Bertz CT molecular complexity index is 3090. The fourth-order valence-electron chi connectivity index (χ4n) is 7.64. The molecule has 47 heavy (non-hydrogen) atoms. The van der Waals surface area contributed by atoms with Gasteiger partial charge in [0.2, 0.25) is 5.95 Å². The van der Waals surface area contributed by atoms with E-state index in [9.17, 15) is 0 Å². The van der Waals surface area contributed by atoms with E-state index in [0.29, 0.717) is 0 Å². The minimum atomic E-state index is 0.820. The van der Waals surface area contributed by atoms with Crippen molar-refractivity contribution in [1.82, 2.24) is 18.9 Å². The standard InChI is InChI=1S/C42H24N4O/c1-2-14-30-26(11-1)32(25-21-22-29-28-13-5-10-20-38(28)47-39(29)23-25)24-33-27-12-4-8-18-36(27)45(40(30)33)42-44-34-16-6-3-15-31(34)41-43-35-17-7-9-19-37(35)46(41)42/h1-24H. The number of aromatic nitrogens is 4. The zero-order valence-electron chi connectivity index (χ0n) is 25.1. The van der Waals surface area contributed by atoms with Gasteiger partial charge in [0.1, 0.15) is 16.8 Å². The molecule has 4 heterocycles. The third-order valence-corrected chi connectivity index (χ3v) is 9.69. The van der Waals surface area contributed by atoms with Crippen LogP contribution in [0.4, 0.5) is 0 Å². The van der Waals surface area contributed by atoms with Crippen molar-refractivity contribution in [2.45, 2.75) is 0 Å². The minimum Gasteiger partial charge on any atom is -0.456 e. The van der Waals surface area contributed by atoms with Gasteiger partial charge in [-0.1, -0.05) is 91.0 Å². The molecule has 0 spiro atoms. The summed E-state index contributed by atoms with van der Waals surface area (Å²) in [5, 5.41) is 7.98. The number of hydrogen-bond donors (Lipinski definition) is 0. The third-order valence-electron chi connectivity index (χ3n) is 9.69. The van der Waals surface area contributed by atoms with Crippen LogP contribution in [0.3, 0.4) is 0 Å². The van der Waals surface area contributed by atoms with Crippen LogP contribution in [-0.4, -0.2) is 18.9 Å². The Hall–Kier alpha value is -6.46. The second-order valence-corrected chi connectivity index (χ2v) is 12.2. The summed E-state index contributed by atoms with van der Waals surface area (Å²) in [6.45, 7) is 0. The van der Waals surface area contributed by atoms with Crippen molar-refractivity contribution in [3.63, 3.8) is 0 Å². The predicted molar refractivity (Wildman–Crippen MR) is 193 cm³/mol. The van der Waals surface area contributed by atoms with Gasteiger partial charge in [-0.05, 0) is 71.1 Å². The van der Waals surface area contributed by atoms with Gasteiger partial charge in [0.05, 0.1) is 27.6 Å². The van der Waals surface area contributed by atoms with Crippen molar-refractivity contribution in [2.24, 2.45) is 0 Å². The first-order valence-corrected chi connectivity index (χ1v) is 15.8. The largest absolute Gasteiger partial charge is 0.456 e. The molecule has 0 saturated heterocycles. The average molecular weight is 601 g/mol. The molecule has 0 aliphatic rings.